The van der Waals surface area contributed by atoms with E-state index < -0.39 is 21.3 Å². The molecular formula is C41H34Cl4Zr. The third kappa shape index (κ3) is 5.45. The van der Waals surface area contributed by atoms with Gasteiger partial charge in [0, 0.05) is 0 Å². The third-order valence-corrected chi connectivity index (χ3v) is 18.9. The number of fused-ring (bicyclic) bond motifs is 5. The van der Waals surface area contributed by atoms with Gasteiger partial charge in [0.1, 0.15) is 0 Å². The normalized spacial score (nSPS) is 16.8. The SMILES string of the molecule is CC1(C)C=Cc2cc3c(cc21)[CH]([Zr+2]([C]1=CC=CC1)=[C](c1ccc(Cl)cc1)c1ccc(Cl)cc1)c1cc2c(cc1-3)C=CC2(C)C.[Cl-].[Cl-]. The minimum absolute atomic E-state index is 0. The van der Waals surface area contributed by atoms with Crippen molar-refractivity contribution in [1.29, 1.82) is 0 Å². The molecule has 46 heavy (non-hydrogen) atoms. The monoisotopic (exact) mass is 756 g/mol. The van der Waals surface area contributed by atoms with E-state index in [0.29, 0.717) is 3.63 Å². The molecule has 0 bridgehead atoms. The van der Waals surface area contributed by atoms with E-state index in [0.717, 1.165) is 16.5 Å². The van der Waals surface area contributed by atoms with Gasteiger partial charge in [-0.1, -0.05) is 0 Å². The van der Waals surface area contributed by atoms with Gasteiger partial charge >= 0.3 is 281 Å². The number of allylic oxidation sites excluding steroid dienone is 6. The van der Waals surface area contributed by atoms with Crippen molar-refractivity contribution in [2.45, 2.75) is 48.6 Å². The molecule has 0 saturated carbocycles. The van der Waals surface area contributed by atoms with Gasteiger partial charge in [0.2, 0.25) is 0 Å². The molecule has 4 aromatic rings. The second-order valence-electron chi connectivity index (χ2n) is 13.7. The Morgan fingerprint density at radius 3 is 1.54 bits per heavy atom. The van der Waals surface area contributed by atoms with Crippen molar-refractivity contribution in [1.82, 2.24) is 0 Å². The molecule has 230 valence electrons. The zero-order valence-corrected chi connectivity index (χ0v) is 31.7. The van der Waals surface area contributed by atoms with Crippen LogP contribution in [0.2, 0.25) is 10.0 Å². The predicted octanol–water partition coefficient (Wildman–Crippen LogP) is 5.41. The van der Waals surface area contributed by atoms with E-state index in [1.165, 1.54) is 58.8 Å². The van der Waals surface area contributed by atoms with E-state index in [9.17, 15) is 0 Å². The van der Waals surface area contributed by atoms with E-state index >= 15 is 0 Å². The Bertz CT molecular complexity index is 1910. The largest absolute Gasteiger partial charge is 1.00 e. The summed E-state index contributed by atoms with van der Waals surface area (Å²) < 4.78 is 3.49. The maximum Gasteiger partial charge on any atom is -1.00 e. The first kappa shape index (κ1) is 33.6. The van der Waals surface area contributed by atoms with Gasteiger partial charge in [-0.3, -0.25) is 0 Å². The smallest absolute Gasteiger partial charge is 1.00 e. The summed E-state index contributed by atoms with van der Waals surface area (Å²) in [5.41, 5.74) is 14.1. The molecule has 4 aromatic carbocycles. The molecule has 0 unspecified atom stereocenters. The molecule has 0 heterocycles. The van der Waals surface area contributed by atoms with Gasteiger partial charge in [0.25, 0.3) is 0 Å². The molecule has 4 aliphatic carbocycles. The van der Waals surface area contributed by atoms with Crippen molar-refractivity contribution in [3.05, 3.63) is 161 Å². The second kappa shape index (κ2) is 12.3. The van der Waals surface area contributed by atoms with Gasteiger partial charge in [-0.25, -0.2) is 0 Å². The zero-order valence-electron chi connectivity index (χ0n) is 26.3. The van der Waals surface area contributed by atoms with E-state index in [4.69, 9.17) is 23.2 Å². The fourth-order valence-corrected chi connectivity index (χ4v) is 16.9. The van der Waals surface area contributed by atoms with Crippen molar-refractivity contribution < 1.29 is 46.1 Å². The van der Waals surface area contributed by atoms with Crippen LogP contribution < -0.4 is 24.8 Å². The van der Waals surface area contributed by atoms with Crippen LogP contribution in [0.4, 0.5) is 0 Å². The molecule has 0 atom stereocenters. The van der Waals surface area contributed by atoms with Crippen LogP contribution in [-0.4, -0.2) is 3.21 Å². The van der Waals surface area contributed by atoms with Gasteiger partial charge in [-0.15, -0.1) is 0 Å². The van der Waals surface area contributed by atoms with Gasteiger partial charge in [-0.2, -0.15) is 0 Å². The summed E-state index contributed by atoms with van der Waals surface area (Å²) >= 11 is 10.1. The Labute approximate surface area is 302 Å². The minimum atomic E-state index is -2.83. The van der Waals surface area contributed by atoms with Gasteiger partial charge in [0.15, 0.2) is 0 Å². The summed E-state index contributed by atoms with van der Waals surface area (Å²) in [7, 11) is 0. The molecule has 0 aromatic heterocycles. The Morgan fingerprint density at radius 2 is 1.13 bits per heavy atom. The van der Waals surface area contributed by atoms with Crippen LogP contribution in [0.1, 0.15) is 82.2 Å². The van der Waals surface area contributed by atoms with Crippen molar-refractivity contribution in [2.75, 3.05) is 0 Å². The molecule has 0 nitrogen and oxygen atoms in total. The van der Waals surface area contributed by atoms with E-state index in [-0.39, 0.29) is 35.6 Å². The average Bonchev–Trinajstić information content (AvgIpc) is 3.77. The Morgan fingerprint density at radius 1 is 0.674 bits per heavy atom. The molecule has 0 saturated heterocycles. The summed E-state index contributed by atoms with van der Waals surface area (Å²) in [6, 6.07) is 27.3. The van der Waals surface area contributed by atoms with E-state index in [2.05, 4.69) is 119 Å². The van der Waals surface area contributed by atoms with Crippen LogP contribution in [0.25, 0.3) is 23.3 Å². The van der Waals surface area contributed by atoms with Crippen LogP contribution in [0.5, 0.6) is 0 Å². The summed E-state index contributed by atoms with van der Waals surface area (Å²) in [5.74, 6) is 0. The van der Waals surface area contributed by atoms with Crippen molar-refractivity contribution in [3.63, 3.8) is 0 Å². The fourth-order valence-electron chi connectivity index (χ4n) is 7.70. The first-order chi connectivity index (χ1) is 21.1. The zero-order chi connectivity index (χ0) is 30.4. The molecular weight excluding hydrogens is 725 g/mol. The molecule has 8 rings (SSSR count). The molecule has 0 radical (unpaired) electrons. The molecule has 0 amide bonds. The van der Waals surface area contributed by atoms with Crippen molar-refractivity contribution >= 4 is 38.6 Å². The number of hydrogen-bond donors (Lipinski definition) is 0. The van der Waals surface area contributed by atoms with E-state index in [1.54, 1.807) is 3.28 Å². The summed E-state index contributed by atoms with van der Waals surface area (Å²) in [6.45, 7) is 9.40. The summed E-state index contributed by atoms with van der Waals surface area (Å²) in [5, 5.41) is 1.53. The maximum atomic E-state index is 6.47. The molecule has 0 aliphatic heterocycles. The Balaban J connectivity index is 0.00000186. The standard InChI is InChI=1S/C23H21.C13H8Cl2.C5H5.2ClH.Zr/c1-22(2)7-5-14-10-18-16(12-20(14)22)9-17-13-21-15(11-19(17)18)6-8-23(21,3)4;14-12-5-1-10(2-6-12)9-11-3-7-13(15)8-4-11;1-2-4-5-3-1;;;/h5-13H,1-4H3;1-8H;1-3H,4H2;2*1H;/q;;;;;+2/p-2. The van der Waals surface area contributed by atoms with Crippen LogP contribution >= 0.6 is 23.2 Å². The number of benzene rings is 4. The van der Waals surface area contributed by atoms with Crippen LogP contribution in [-0.2, 0) is 32.1 Å². The second-order valence-corrected chi connectivity index (χ2v) is 20.9. The number of rotatable bonds is 4. The Hall–Kier alpha value is -2.25. The van der Waals surface area contributed by atoms with Gasteiger partial charge < -0.3 is 24.8 Å². The third-order valence-electron chi connectivity index (χ3n) is 10.0. The van der Waals surface area contributed by atoms with Crippen molar-refractivity contribution in [3.8, 4) is 11.1 Å². The van der Waals surface area contributed by atoms with Crippen LogP contribution in [0.15, 0.2) is 106 Å². The molecule has 4 aliphatic rings. The minimum Gasteiger partial charge on any atom is -1.00 e. The predicted molar refractivity (Wildman–Crippen MR) is 186 cm³/mol. The van der Waals surface area contributed by atoms with Crippen LogP contribution in [0.3, 0.4) is 0 Å². The van der Waals surface area contributed by atoms with Crippen LogP contribution in [0, 0.1) is 0 Å². The van der Waals surface area contributed by atoms with Crippen molar-refractivity contribution in [2.24, 2.45) is 0 Å². The number of halogens is 4. The van der Waals surface area contributed by atoms with Gasteiger partial charge in [-0.05, 0) is 0 Å². The average molecular weight is 760 g/mol. The molecule has 5 heteroatoms. The quantitative estimate of drug-likeness (QED) is 0.262. The Kier molecular flexibility index (Phi) is 9.02. The number of hydrogen-bond acceptors (Lipinski definition) is 0. The van der Waals surface area contributed by atoms with E-state index in [1.807, 2.05) is 24.3 Å². The maximum absolute atomic E-state index is 6.47. The first-order valence-electron chi connectivity index (χ1n) is 15.5. The molecule has 0 fully saturated rings. The fraction of sp³-hybridized carbons (Fsp3) is 0.195. The van der Waals surface area contributed by atoms with Gasteiger partial charge in [0.05, 0.1) is 0 Å². The molecule has 0 spiro atoms. The summed E-state index contributed by atoms with van der Waals surface area (Å²) in [6.07, 6.45) is 17.5. The summed E-state index contributed by atoms with van der Waals surface area (Å²) in [4.78, 5) is 0. The topological polar surface area (TPSA) is 0 Å². The first-order valence-corrected chi connectivity index (χ1v) is 20.1. The molecule has 0 N–H and O–H groups in total.